The van der Waals surface area contributed by atoms with Crippen molar-refractivity contribution in [3.8, 4) is 17.6 Å². The van der Waals surface area contributed by atoms with Crippen LogP contribution in [0, 0.1) is 11.3 Å². The molecule has 3 aromatic carbocycles. The summed E-state index contributed by atoms with van der Waals surface area (Å²) in [7, 11) is 1.58. The third-order valence-corrected chi connectivity index (χ3v) is 5.98. The van der Waals surface area contributed by atoms with E-state index in [1.807, 2.05) is 18.2 Å². The first-order valence-electron chi connectivity index (χ1n) is 9.89. The maximum atomic E-state index is 12.5. The fraction of sp³-hybridized carbons (Fsp3) is 0.120. The molecule has 0 saturated carbocycles. The number of hydrogen-bond donors (Lipinski definition) is 1. The van der Waals surface area contributed by atoms with Crippen LogP contribution in [0.5, 0.6) is 11.5 Å². The molecule has 174 valence electrons. The van der Waals surface area contributed by atoms with Gasteiger partial charge in [-0.25, -0.2) is 0 Å². The molecule has 0 aromatic heterocycles. The van der Waals surface area contributed by atoms with Gasteiger partial charge in [-0.2, -0.15) is 5.26 Å². The van der Waals surface area contributed by atoms with Gasteiger partial charge in [0.1, 0.15) is 24.0 Å². The number of hydrogen-bond acceptors (Lipinski definition) is 4. The SMILES string of the molecule is COc1ccc(CNC(=O)/C(C#N)=C\c2cc(Cl)c(OCc3ccc(Cl)c(Cl)c3)c(Cl)c2)cc1. The first-order valence-corrected chi connectivity index (χ1v) is 11.4. The lowest BCUT2D eigenvalue weighted by Gasteiger charge is -2.12. The van der Waals surface area contributed by atoms with Crippen LogP contribution < -0.4 is 14.8 Å². The van der Waals surface area contributed by atoms with Crippen LogP contribution in [0.15, 0.2) is 60.2 Å². The van der Waals surface area contributed by atoms with Crippen molar-refractivity contribution in [2.45, 2.75) is 13.2 Å². The quantitative estimate of drug-likeness (QED) is 0.246. The molecule has 3 aromatic rings. The second-order valence-electron chi connectivity index (χ2n) is 7.05. The average Bonchev–Trinajstić information content (AvgIpc) is 2.83. The molecule has 0 spiro atoms. The predicted octanol–water partition coefficient (Wildman–Crippen LogP) is 7.11. The van der Waals surface area contributed by atoms with Gasteiger partial charge in [0.05, 0.1) is 27.2 Å². The zero-order valence-corrected chi connectivity index (χ0v) is 20.9. The first kappa shape index (κ1) is 25.7. The molecule has 0 fully saturated rings. The van der Waals surface area contributed by atoms with Crippen molar-refractivity contribution >= 4 is 58.4 Å². The van der Waals surface area contributed by atoms with Crippen LogP contribution in [0.2, 0.25) is 20.1 Å². The minimum absolute atomic E-state index is 0.0925. The number of carbonyl (C=O) groups excluding carboxylic acids is 1. The van der Waals surface area contributed by atoms with Gasteiger partial charge in [-0.15, -0.1) is 0 Å². The normalized spacial score (nSPS) is 11.0. The fourth-order valence-corrected chi connectivity index (χ4v) is 3.86. The number of halogens is 4. The van der Waals surface area contributed by atoms with Gasteiger partial charge in [0.2, 0.25) is 0 Å². The summed E-state index contributed by atoms with van der Waals surface area (Å²) in [5, 5.41) is 13.5. The molecule has 0 aliphatic carbocycles. The van der Waals surface area contributed by atoms with E-state index >= 15 is 0 Å². The van der Waals surface area contributed by atoms with Crippen LogP contribution in [-0.2, 0) is 17.9 Å². The molecule has 0 atom stereocenters. The summed E-state index contributed by atoms with van der Waals surface area (Å²) in [5.74, 6) is 0.463. The standard InChI is InChI=1S/C25H18Cl4N2O3/c1-33-19-5-2-15(3-6-19)13-31-25(32)18(12-30)8-17-10-22(28)24(23(29)11-17)34-14-16-4-7-20(26)21(27)9-16/h2-11H,13-14H2,1H3,(H,31,32)/b18-8-. The summed E-state index contributed by atoms with van der Waals surface area (Å²) in [6, 6.07) is 17.4. The predicted molar refractivity (Wildman–Crippen MR) is 136 cm³/mol. The van der Waals surface area contributed by atoms with Gasteiger partial charge in [-0.1, -0.05) is 64.6 Å². The monoisotopic (exact) mass is 534 g/mol. The number of amides is 1. The summed E-state index contributed by atoms with van der Waals surface area (Å²) in [6.45, 7) is 0.424. The molecule has 3 rings (SSSR count). The zero-order valence-electron chi connectivity index (χ0n) is 17.9. The maximum absolute atomic E-state index is 12.5. The van der Waals surface area contributed by atoms with Gasteiger partial charge in [-0.3, -0.25) is 4.79 Å². The van der Waals surface area contributed by atoms with E-state index in [2.05, 4.69) is 5.32 Å². The molecule has 0 heterocycles. The van der Waals surface area contributed by atoms with E-state index < -0.39 is 5.91 Å². The Balaban J connectivity index is 1.69. The van der Waals surface area contributed by atoms with E-state index in [4.69, 9.17) is 55.9 Å². The van der Waals surface area contributed by atoms with Gasteiger partial charge in [0.25, 0.3) is 5.91 Å². The minimum Gasteiger partial charge on any atom is -0.497 e. The van der Waals surface area contributed by atoms with E-state index in [1.165, 1.54) is 6.08 Å². The van der Waals surface area contributed by atoms with Crippen molar-refractivity contribution in [2.24, 2.45) is 0 Å². The number of nitrogens with zero attached hydrogens (tertiary/aromatic N) is 1. The third-order valence-electron chi connectivity index (χ3n) is 4.68. The van der Waals surface area contributed by atoms with E-state index in [9.17, 15) is 10.1 Å². The van der Waals surface area contributed by atoms with Gasteiger partial charge in [0.15, 0.2) is 5.75 Å². The Morgan fingerprint density at radius 1 is 0.941 bits per heavy atom. The maximum Gasteiger partial charge on any atom is 0.262 e. The second-order valence-corrected chi connectivity index (χ2v) is 8.68. The molecular weight excluding hydrogens is 518 g/mol. The van der Waals surface area contributed by atoms with Crippen LogP contribution in [-0.4, -0.2) is 13.0 Å². The average molecular weight is 536 g/mol. The van der Waals surface area contributed by atoms with Crippen molar-refractivity contribution in [2.75, 3.05) is 7.11 Å². The molecule has 0 unspecified atom stereocenters. The number of methoxy groups -OCH3 is 1. The van der Waals surface area contributed by atoms with Gasteiger partial charge >= 0.3 is 0 Å². The molecule has 5 nitrogen and oxygen atoms in total. The van der Waals surface area contributed by atoms with E-state index in [0.29, 0.717) is 21.4 Å². The Kier molecular flexibility index (Phi) is 9.09. The highest BCUT2D eigenvalue weighted by atomic mass is 35.5. The summed E-state index contributed by atoms with van der Waals surface area (Å²) in [4.78, 5) is 12.5. The smallest absolute Gasteiger partial charge is 0.262 e. The Hall–Kier alpha value is -2.88. The topological polar surface area (TPSA) is 71.3 Å². The summed E-state index contributed by atoms with van der Waals surface area (Å²) < 4.78 is 10.9. The number of ether oxygens (including phenoxy) is 2. The van der Waals surface area contributed by atoms with Gasteiger partial charge in [0, 0.05) is 6.54 Å². The lowest BCUT2D eigenvalue weighted by Crippen LogP contribution is -2.23. The minimum atomic E-state index is -0.523. The Labute approximate surface area is 217 Å². The number of nitrogens with one attached hydrogen (secondary N) is 1. The lowest BCUT2D eigenvalue weighted by molar-refractivity contribution is -0.117. The van der Waals surface area contributed by atoms with Crippen LogP contribution in [0.3, 0.4) is 0 Å². The molecule has 0 radical (unpaired) electrons. The number of benzene rings is 3. The second kappa shape index (κ2) is 12.0. The zero-order chi connectivity index (χ0) is 24.7. The molecule has 34 heavy (non-hydrogen) atoms. The molecule has 1 amide bonds. The van der Waals surface area contributed by atoms with Gasteiger partial charge < -0.3 is 14.8 Å². The van der Waals surface area contributed by atoms with Crippen LogP contribution in [0.4, 0.5) is 0 Å². The third kappa shape index (κ3) is 6.82. The summed E-state index contributed by atoms with van der Waals surface area (Å²) in [5.41, 5.74) is 2.03. The van der Waals surface area contributed by atoms with E-state index in [0.717, 1.165) is 11.1 Å². The Bertz CT molecular complexity index is 1250. The van der Waals surface area contributed by atoms with Crippen LogP contribution in [0.25, 0.3) is 6.08 Å². The highest BCUT2D eigenvalue weighted by molar-refractivity contribution is 6.42. The van der Waals surface area contributed by atoms with Gasteiger partial charge in [-0.05, 0) is 59.2 Å². The van der Waals surface area contributed by atoms with Crippen LogP contribution >= 0.6 is 46.4 Å². The number of nitriles is 1. The molecule has 0 saturated heterocycles. The number of rotatable bonds is 8. The highest BCUT2D eigenvalue weighted by Crippen LogP contribution is 2.35. The van der Waals surface area contributed by atoms with Crippen molar-refractivity contribution in [3.05, 3.63) is 97.0 Å². The van der Waals surface area contributed by atoms with E-state index in [1.54, 1.807) is 49.6 Å². The molecule has 9 heteroatoms. The van der Waals surface area contributed by atoms with Crippen molar-refractivity contribution < 1.29 is 14.3 Å². The Morgan fingerprint density at radius 2 is 1.59 bits per heavy atom. The molecule has 1 N–H and O–H groups in total. The Morgan fingerprint density at radius 3 is 2.18 bits per heavy atom. The van der Waals surface area contributed by atoms with Crippen molar-refractivity contribution in [3.63, 3.8) is 0 Å². The molecular formula is C25H18Cl4N2O3. The first-order chi connectivity index (χ1) is 16.3. The van der Waals surface area contributed by atoms with E-state index in [-0.39, 0.29) is 34.5 Å². The van der Waals surface area contributed by atoms with Crippen molar-refractivity contribution in [1.29, 1.82) is 5.26 Å². The number of carbonyl (C=O) groups is 1. The lowest BCUT2D eigenvalue weighted by atomic mass is 10.1. The molecule has 0 bridgehead atoms. The highest BCUT2D eigenvalue weighted by Gasteiger charge is 2.13. The summed E-state index contributed by atoms with van der Waals surface area (Å²) in [6.07, 6.45) is 1.41. The fourth-order valence-electron chi connectivity index (χ4n) is 2.92. The van der Waals surface area contributed by atoms with Crippen LogP contribution in [0.1, 0.15) is 16.7 Å². The molecule has 0 aliphatic rings. The molecule has 0 aliphatic heterocycles. The van der Waals surface area contributed by atoms with Crippen molar-refractivity contribution in [1.82, 2.24) is 5.32 Å². The largest absolute Gasteiger partial charge is 0.497 e. The summed E-state index contributed by atoms with van der Waals surface area (Å²) >= 11 is 24.7.